The summed E-state index contributed by atoms with van der Waals surface area (Å²) in [4.78, 5) is 22.5. The van der Waals surface area contributed by atoms with E-state index in [2.05, 4.69) is 20.8 Å². The number of anilines is 1. The molecule has 0 unspecified atom stereocenters. The van der Waals surface area contributed by atoms with Crippen LogP contribution in [-0.4, -0.2) is 66.5 Å². The summed E-state index contributed by atoms with van der Waals surface area (Å²) in [7, 11) is 0. The van der Waals surface area contributed by atoms with E-state index >= 15 is 0 Å². The second kappa shape index (κ2) is 8.06. The fourth-order valence-electron chi connectivity index (χ4n) is 1.53. The average molecular weight is 401 g/mol. The van der Waals surface area contributed by atoms with Crippen LogP contribution >= 0.6 is 11.8 Å². The summed E-state index contributed by atoms with van der Waals surface area (Å²) in [6, 6.07) is 6.22. The predicted molar refractivity (Wildman–Crippen MR) is 81.1 cm³/mol. The number of carboxylic acids is 1. The van der Waals surface area contributed by atoms with Crippen molar-refractivity contribution >= 4 is 49.0 Å². The standard InChI is InChI=1S/C11H12AsN5O5S/c18-9(13-8-3-1-7(2-4-8)12(21)22)6-23-11-14-15-16-17(11)5-10(19)20/h1-4,21-22H,5-6H2,(H,13,18)(H,19,20). The fourth-order valence-corrected chi connectivity index (χ4v) is 3.08. The van der Waals surface area contributed by atoms with E-state index in [1.54, 1.807) is 12.1 Å². The topological polar surface area (TPSA) is 150 Å². The Hall–Kier alpha value is -1.94. The Morgan fingerprint density at radius 3 is 2.57 bits per heavy atom. The number of carboxylic acid groups (broad SMARTS) is 1. The van der Waals surface area contributed by atoms with E-state index < -0.39 is 21.3 Å². The van der Waals surface area contributed by atoms with Gasteiger partial charge in [-0.3, -0.25) is 4.79 Å². The summed E-state index contributed by atoms with van der Waals surface area (Å²) < 4.78 is 19.8. The molecule has 2 rings (SSSR count). The van der Waals surface area contributed by atoms with Gasteiger partial charge >= 0.3 is 129 Å². The van der Waals surface area contributed by atoms with Crippen molar-refractivity contribution in [3.05, 3.63) is 24.3 Å². The number of hydrogen-bond acceptors (Lipinski definition) is 8. The first-order valence-corrected chi connectivity index (χ1v) is 9.74. The van der Waals surface area contributed by atoms with Crippen LogP contribution in [0.25, 0.3) is 0 Å². The third-order valence-corrected chi connectivity index (χ3v) is 5.05. The molecule has 0 aliphatic heterocycles. The number of rotatable bonds is 7. The molecule has 2 aromatic rings. The van der Waals surface area contributed by atoms with Gasteiger partial charge in [-0.1, -0.05) is 0 Å². The molecule has 0 radical (unpaired) electrons. The molecular weight excluding hydrogens is 389 g/mol. The summed E-state index contributed by atoms with van der Waals surface area (Å²) >= 11 is -1.89. The molecule has 0 aliphatic carbocycles. The molecule has 23 heavy (non-hydrogen) atoms. The molecular formula is C11H12AsN5O5S. The van der Waals surface area contributed by atoms with Crippen molar-refractivity contribution in [2.75, 3.05) is 11.1 Å². The van der Waals surface area contributed by atoms with E-state index in [9.17, 15) is 9.59 Å². The number of aromatic nitrogens is 4. The molecule has 0 bridgehead atoms. The molecule has 0 spiro atoms. The quantitative estimate of drug-likeness (QED) is 0.310. The van der Waals surface area contributed by atoms with Crippen molar-refractivity contribution in [2.24, 2.45) is 0 Å². The number of carbonyl (C=O) groups is 2. The number of tetrazole rings is 1. The molecule has 0 saturated carbocycles. The van der Waals surface area contributed by atoms with Gasteiger partial charge in [-0.25, -0.2) is 0 Å². The zero-order valence-electron chi connectivity index (χ0n) is 11.5. The van der Waals surface area contributed by atoms with Crippen LogP contribution in [0.4, 0.5) is 5.69 Å². The van der Waals surface area contributed by atoms with E-state index in [0.29, 0.717) is 10.0 Å². The number of aliphatic carboxylic acids is 1. The van der Waals surface area contributed by atoms with Crippen molar-refractivity contribution in [1.82, 2.24) is 20.2 Å². The Kier molecular flexibility index (Phi) is 6.10. The van der Waals surface area contributed by atoms with Gasteiger partial charge in [0.15, 0.2) is 0 Å². The molecule has 0 fully saturated rings. The van der Waals surface area contributed by atoms with Gasteiger partial charge in [0.1, 0.15) is 0 Å². The molecule has 12 heteroatoms. The first-order valence-electron chi connectivity index (χ1n) is 6.14. The van der Waals surface area contributed by atoms with Crippen LogP contribution in [-0.2, 0) is 16.1 Å². The number of hydrogen-bond donors (Lipinski definition) is 4. The van der Waals surface area contributed by atoms with Gasteiger partial charge < -0.3 is 5.11 Å². The summed E-state index contributed by atoms with van der Waals surface area (Å²) in [5.74, 6) is -1.41. The molecule has 10 nitrogen and oxygen atoms in total. The Balaban J connectivity index is 1.88. The third kappa shape index (κ3) is 5.32. The summed E-state index contributed by atoms with van der Waals surface area (Å²) in [5, 5.41) is 22.1. The maximum atomic E-state index is 11.8. The SMILES string of the molecule is O=C(O)Cn1nnnc1SCC(=O)Nc1ccc([As](O)O)cc1. The number of nitrogens with zero attached hydrogens (tertiary/aromatic N) is 4. The molecule has 122 valence electrons. The molecule has 1 heterocycles. The molecule has 0 aliphatic rings. The Morgan fingerprint density at radius 2 is 1.96 bits per heavy atom. The third-order valence-electron chi connectivity index (χ3n) is 2.50. The van der Waals surface area contributed by atoms with E-state index in [0.717, 1.165) is 16.4 Å². The van der Waals surface area contributed by atoms with Crippen LogP contribution in [0.1, 0.15) is 0 Å². The van der Waals surface area contributed by atoms with Gasteiger partial charge in [-0.15, -0.1) is 0 Å². The van der Waals surface area contributed by atoms with Crippen LogP contribution < -0.4 is 9.67 Å². The summed E-state index contributed by atoms with van der Waals surface area (Å²) in [6.07, 6.45) is 0. The van der Waals surface area contributed by atoms with Crippen molar-refractivity contribution in [3.63, 3.8) is 0 Å². The number of nitrogens with one attached hydrogen (secondary N) is 1. The van der Waals surface area contributed by atoms with E-state index in [-0.39, 0.29) is 23.4 Å². The van der Waals surface area contributed by atoms with E-state index in [1.807, 2.05) is 0 Å². The van der Waals surface area contributed by atoms with E-state index in [1.165, 1.54) is 12.1 Å². The number of benzene rings is 1. The van der Waals surface area contributed by atoms with Gasteiger partial charge in [-0.05, 0) is 0 Å². The van der Waals surface area contributed by atoms with Gasteiger partial charge in [0, 0.05) is 0 Å². The normalized spacial score (nSPS) is 10.7. The molecule has 0 atom stereocenters. The summed E-state index contributed by atoms with van der Waals surface area (Å²) in [5.41, 5.74) is 0.514. The molecule has 1 aromatic carbocycles. The van der Waals surface area contributed by atoms with Crippen molar-refractivity contribution in [3.8, 4) is 0 Å². The Labute approximate surface area is 139 Å². The van der Waals surface area contributed by atoms with Gasteiger partial charge in [0.05, 0.1) is 0 Å². The first kappa shape index (κ1) is 17.4. The van der Waals surface area contributed by atoms with Crippen LogP contribution in [0.15, 0.2) is 29.4 Å². The first-order chi connectivity index (χ1) is 11.0. The summed E-state index contributed by atoms with van der Waals surface area (Å²) in [6.45, 7) is -0.383. The predicted octanol–water partition coefficient (Wildman–Crippen LogP) is -1.83. The Morgan fingerprint density at radius 1 is 1.26 bits per heavy atom. The Bertz CT molecular complexity index is 692. The van der Waals surface area contributed by atoms with Crippen LogP contribution in [0.5, 0.6) is 0 Å². The van der Waals surface area contributed by atoms with Crippen molar-refractivity contribution in [2.45, 2.75) is 11.7 Å². The monoisotopic (exact) mass is 401 g/mol. The van der Waals surface area contributed by atoms with Crippen LogP contribution in [0.2, 0.25) is 0 Å². The second-order valence-electron chi connectivity index (χ2n) is 4.19. The fraction of sp³-hybridized carbons (Fsp3) is 0.182. The van der Waals surface area contributed by atoms with Crippen molar-refractivity contribution < 1.29 is 22.9 Å². The van der Waals surface area contributed by atoms with Gasteiger partial charge in [0.25, 0.3) is 0 Å². The zero-order valence-corrected chi connectivity index (χ0v) is 14.2. The molecule has 0 saturated heterocycles. The minimum atomic E-state index is -2.90. The minimum absolute atomic E-state index is 0.000440. The molecule has 1 amide bonds. The second-order valence-corrected chi connectivity index (χ2v) is 7.43. The van der Waals surface area contributed by atoms with Gasteiger partial charge in [-0.2, -0.15) is 0 Å². The van der Waals surface area contributed by atoms with Gasteiger partial charge in [0.2, 0.25) is 0 Å². The van der Waals surface area contributed by atoms with E-state index in [4.69, 9.17) is 13.3 Å². The van der Waals surface area contributed by atoms with Crippen molar-refractivity contribution in [1.29, 1.82) is 0 Å². The molecule has 1 aromatic heterocycles. The van der Waals surface area contributed by atoms with Crippen LogP contribution in [0, 0.1) is 0 Å². The maximum absolute atomic E-state index is 11.8. The number of thioether (sulfide) groups is 1. The van der Waals surface area contributed by atoms with Crippen LogP contribution in [0.3, 0.4) is 0 Å². The zero-order chi connectivity index (χ0) is 16.8. The average Bonchev–Trinajstić information content (AvgIpc) is 2.92. The molecule has 4 N–H and O–H groups in total. The number of amides is 1. The number of carbonyl (C=O) groups excluding carboxylic acids is 1.